The van der Waals surface area contributed by atoms with Crippen LogP contribution in [0.2, 0.25) is 10.0 Å². The molecular formula is C28H35Cl2N7. The number of aromatic nitrogens is 2. The summed E-state index contributed by atoms with van der Waals surface area (Å²) in [4.78, 5) is 11.7. The lowest BCUT2D eigenvalue weighted by Crippen LogP contribution is -2.38. The zero-order valence-electron chi connectivity index (χ0n) is 21.9. The molecule has 1 aliphatic heterocycles. The Labute approximate surface area is 229 Å². The third-order valence-electron chi connectivity index (χ3n) is 5.34. The summed E-state index contributed by atoms with van der Waals surface area (Å²) in [6.07, 6.45) is 15.8. The van der Waals surface area contributed by atoms with Crippen LogP contribution in [0.1, 0.15) is 51.7 Å². The van der Waals surface area contributed by atoms with E-state index in [-0.39, 0.29) is 0 Å². The number of rotatable bonds is 10. The SMILES string of the molecule is C=C/C(=N\C1=NC(c2cnn(Cc3cc(Cl)ccc3Cl)c2)=C/C(=C\CCC)N1C=CC(C)C)NNCC. The minimum atomic E-state index is 0.373. The number of hydrazine groups is 1. The maximum Gasteiger partial charge on any atom is 0.236 e. The van der Waals surface area contributed by atoms with Crippen molar-refractivity contribution in [2.24, 2.45) is 15.9 Å². The maximum absolute atomic E-state index is 6.37. The summed E-state index contributed by atoms with van der Waals surface area (Å²) in [6, 6.07) is 5.43. The Morgan fingerprint density at radius 1 is 1.24 bits per heavy atom. The van der Waals surface area contributed by atoms with Gasteiger partial charge in [-0.1, -0.05) is 76.0 Å². The van der Waals surface area contributed by atoms with Crippen molar-refractivity contribution in [3.63, 3.8) is 0 Å². The van der Waals surface area contributed by atoms with E-state index in [2.05, 4.69) is 61.5 Å². The van der Waals surface area contributed by atoms with E-state index in [0.717, 1.165) is 41.9 Å². The Morgan fingerprint density at radius 2 is 2.05 bits per heavy atom. The molecule has 1 aliphatic rings. The first-order valence-corrected chi connectivity index (χ1v) is 13.2. The van der Waals surface area contributed by atoms with Crippen molar-refractivity contribution >= 4 is 40.7 Å². The van der Waals surface area contributed by atoms with E-state index in [1.807, 2.05) is 35.0 Å². The maximum atomic E-state index is 6.37. The second-order valence-electron chi connectivity index (χ2n) is 8.83. The molecule has 2 heterocycles. The lowest BCUT2D eigenvalue weighted by molar-refractivity contribution is 0.665. The second kappa shape index (κ2) is 14.0. The highest BCUT2D eigenvalue weighted by molar-refractivity contribution is 6.33. The van der Waals surface area contributed by atoms with Crippen LogP contribution in [0.3, 0.4) is 0 Å². The Morgan fingerprint density at radius 3 is 2.76 bits per heavy atom. The van der Waals surface area contributed by atoms with Crippen molar-refractivity contribution in [2.45, 2.75) is 47.1 Å². The fraction of sp³-hybridized carbons (Fsp3) is 0.321. The van der Waals surface area contributed by atoms with Crippen molar-refractivity contribution in [3.05, 3.63) is 94.5 Å². The number of benzene rings is 1. The summed E-state index contributed by atoms with van der Waals surface area (Å²) in [5.41, 5.74) is 9.69. The van der Waals surface area contributed by atoms with Gasteiger partial charge in [-0.15, -0.1) is 0 Å². The van der Waals surface area contributed by atoms with Gasteiger partial charge in [-0.3, -0.25) is 9.58 Å². The molecular weight excluding hydrogens is 505 g/mol. The number of hydrogen-bond donors (Lipinski definition) is 2. The molecule has 0 spiro atoms. The quantitative estimate of drug-likeness (QED) is 0.198. The van der Waals surface area contributed by atoms with Gasteiger partial charge in [-0.2, -0.15) is 10.1 Å². The van der Waals surface area contributed by atoms with Crippen LogP contribution >= 0.6 is 23.2 Å². The first kappa shape index (κ1) is 28.4. The molecule has 7 nitrogen and oxygen atoms in total. The summed E-state index contributed by atoms with van der Waals surface area (Å²) in [6.45, 7) is 13.6. The molecule has 1 aromatic carbocycles. The van der Waals surface area contributed by atoms with Crippen molar-refractivity contribution in [1.29, 1.82) is 0 Å². The molecule has 1 aromatic heterocycles. The zero-order chi connectivity index (χ0) is 26.8. The number of aliphatic imine (C=N–C) groups is 2. The highest BCUT2D eigenvalue weighted by Gasteiger charge is 2.21. The molecule has 0 saturated heterocycles. The molecule has 0 unspecified atom stereocenters. The predicted molar refractivity (Wildman–Crippen MR) is 156 cm³/mol. The number of unbranched alkanes of at least 4 members (excludes halogenated alkanes) is 1. The predicted octanol–water partition coefficient (Wildman–Crippen LogP) is 6.80. The monoisotopic (exact) mass is 539 g/mol. The van der Waals surface area contributed by atoms with E-state index in [4.69, 9.17) is 33.2 Å². The summed E-state index contributed by atoms with van der Waals surface area (Å²) < 4.78 is 1.83. The summed E-state index contributed by atoms with van der Waals surface area (Å²) in [5, 5.41) is 5.84. The number of guanidine groups is 1. The third kappa shape index (κ3) is 8.18. The smallest absolute Gasteiger partial charge is 0.236 e. The Kier molecular flexibility index (Phi) is 10.7. The molecule has 37 heavy (non-hydrogen) atoms. The topological polar surface area (TPSA) is 69.8 Å². The molecule has 9 heteroatoms. The fourth-order valence-electron chi connectivity index (χ4n) is 3.44. The molecule has 0 bridgehead atoms. The van der Waals surface area contributed by atoms with E-state index >= 15 is 0 Å². The average Bonchev–Trinajstić information content (AvgIpc) is 3.34. The van der Waals surface area contributed by atoms with Crippen LogP contribution in [-0.2, 0) is 6.54 Å². The molecule has 0 atom stereocenters. The van der Waals surface area contributed by atoms with Gasteiger partial charge in [0.1, 0.15) is 5.84 Å². The fourth-order valence-corrected chi connectivity index (χ4v) is 3.81. The Hall–Kier alpha value is -3.13. The van der Waals surface area contributed by atoms with Crippen LogP contribution in [0.4, 0.5) is 0 Å². The van der Waals surface area contributed by atoms with Crippen molar-refractivity contribution in [1.82, 2.24) is 25.5 Å². The van der Waals surface area contributed by atoms with Gasteiger partial charge in [0, 0.05) is 40.2 Å². The number of halogens is 2. The largest absolute Gasteiger partial charge is 0.306 e. The first-order chi connectivity index (χ1) is 17.8. The van der Waals surface area contributed by atoms with Crippen molar-refractivity contribution in [2.75, 3.05) is 6.54 Å². The third-order valence-corrected chi connectivity index (χ3v) is 5.94. The molecule has 0 amide bonds. The molecule has 3 rings (SSSR count). The summed E-state index contributed by atoms with van der Waals surface area (Å²) in [5.74, 6) is 1.48. The number of nitrogens with one attached hydrogen (secondary N) is 2. The van der Waals surface area contributed by atoms with Gasteiger partial charge >= 0.3 is 0 Å². The highest BCUT2D eigenvalue weighted by atomic mass is 35.5. The van der Waals surface area contributed by atoms with E-state index in [9.17, 15) is 0 Å². The van der Waals surface area contributed by atoms with Crippen LogP contribution < -0.4 is 10.9 Å². The lowest BCUT2D eigenvalue weighted by Gasteiger charge is -2.26. The molecule has 2 aromatic rings. The van der Waals surface area contributed by atoms with Crippen LogP contribution in [0.25, 0.3) is 5.70 Å². The van der Waals surface area contributed by atoms with Crippen molar-refractivity contribution in [3.8, 4) is 0 Å². The normalized spacial score (nSPS) is 15.5. The van der Waals surface area contributed by atoms with Gasteiger partial charge < -0.3 is 5.43 Å². The molecule has 2 N–H and O–H groups in total. The molecule has 0 saturated carbocycles. The Balaban J connectivity index is 2.03. The number of nitrogens with zero attached hydrogens (tertiary/aromatic N) is 5. The van der Waals surface area contributed by atoms with Crippen LogP contribution in [0.15, 0.2) is 83.4 Å². The molecule has 196 valence electrons. The van der Waals surface area contributed by atoms with Gasteiger partial charge in [-0.05, 0) is 48.3 Å². The standard InChI is InChI=1S/C28H35Cl2N7/c1-6-9-10-24-16-26(22-17-32-36(19-22)18-21-15-23(29)11-12-25(21)30)33-28(37(24)14-13-20(4)5)34-27(7-2)35-31-8-3/h7,10-17,19-20,31H,2,6,8-9,18H2,1,3-5H3,(H,33,34,35)/b14-13?,24-10+. The number of hydrogen-bond acceptors (Lipinski definition) is 5. The highest BCUT2D eigenvalue weighted by Crippen LogP contribution is 2.28. The summed E-state index contributed by atoms with van der Waals surface area (Å²) in [7, 11) is 0. The van der Waals surface area contributed by atoms with E-state index in [1.54, 1.807) is 24.4 Å². The molecule has 0 aliphatic carbocycles. The average molecular weight is 541 g/mol. The van der Waals surface area contributed by atoms with Gasteiger partial charge in [0.2, 0.25) is 5.96 Å². The Bertz CT molecular complexity index is 1230. The number of allylic oxidation sites excluding steroid dienone is 3. The van der Waals surface area contributed by atoms with Crippen molar-refractivity contribution < 1.29 is 0 Å². The van der Waals surface area contributed by atoms with E-state index in [0.29, 0.717) is 34.3 Å². The molecule has 0 fully saturated rings. The summed E-state index contributed by atoms with van der Waals surface area (Å²) >= 11 is 12.5. The van der Waals surface area contributed by atoms with E-state index in [1.165, 1.54) is 0 Å². The van der Waals surface area contributed by atoms with Crippen LogP contribution in [0.5, 0.6) is 0 Å². The second-order valence-corrected chi connectivity index (χ2v) is 9.68. The van der Waals surface area contributed by atoms with Gasteiger partial charge in [0.25, 0.3) is 0 Å². The van der Waals surface area contributed by atoms with Crippen LogP contribution in [0, 0.1) is 5.92 Å². The molecule has 0 radical (unpaired) electrons. The zero-order valence-corrected chi connectivity index (χ0v) is 23.4. The minimum Gasteiger partial charge on any atom is -0.306 e. The number of amidine groups is 1. The van der Waals surface area contributed by atoms with Crippen LogP contribution in [-0.4, -0.2) is 33.0 Å². The van der Waals surface area contributed by atoms with Gasteiger partial charge in [-0.25, -0.2) is 10.4 Å². The van der Waals surface area contributed by atoms with Gasteiger partial charge in [0.05, 0.1) is 18.4 Å². The van der Waals surface area contributed by atoms with E-state index < -0.39 is 0 Å². The first-order valence-electron chi connectivity index (χ1n) is 12.5. The lowest BCUT2D eigenvalue weighted by atomic mass is 10.1. The minimum absolute atomic E-state index is 0.373. The van der Waals surface area contributed by atoms with Gasteiger partial charge in [0.15, 0.2) is 0 Å².